The van der Waals surface area contributed by atoms with Crippen LogP contribution in [0, 0.1) is 5.92 Å². The predicted molar refractivity (Wildman–Crippen MR) is 160 cm³/mol. The van der Waals surface area contributed by atoms with Crippen LogP contribution in [0.3, 0.4) is 0 Å². The molecule has 2 aromatic carbocycles. The monoisotopic (exact) mass is 568 g/mol. The Bertz CT molecular complexity index is 1060. The van der Waals surface area contributed by atoms with E-state index >= 15 is 0 Å². The summed E-state index contributed by atoms with van der Waals surface area (Å²) >= 11 is 0. The first-order chi connectivity index (χ1) is 20.1. The van der Waals surface area contributed by atoms with E-state index < -0.39 is 6.10 Å². The van der Waals surface area contributed by atoms with Gasteiger partial charge >= 0.3 is 0 Å². The van der Waals surface area contributed by atoms with E-state index in [0.717, 1.165) is 68.7 Å². The lowest BCUT2D eigenvalue weighted by Gasteiger charge is -2.39. The van der Waals surface area contributed by atoms with E-state index in [-0.39, 0.29) is 18.1 Å². The van der Waals surface area contributed by atoms with Gasteiger partial charge in [0.1, 0.15) is 12.4 Å². The van der Waals surface area contributed by atoms with Gasteiger partial charge in [-0.1, -0.05) is 37.3 Å². The first-order valence-electron chi connectivity index (χ1n) is 15.4. The standard InChI is InChI=1S/C33H48N2O6/c1-3-28(36)23-41-32-19-34-18-31(33(32)27-10-7-25(8-11-27)21-38-20-24-5-6-24)40-22-26-9-12-30-29(17-26)35(14-16-39-30)13-4-15-37-2/h7-12,17,24,28,31-34,36H,3-6,13-16,18-23H2,1-2H3/t28-,31-,32+,33+/m0/s1. The summed E-state index contributed by atoms with van der Waals surface area (Å²) in [5.41, 5.74) is 4.63. The Kier molecular flexibility index (Phi) is 11.3. The van der Waals surface area contributed by atoms with Crippen LogP contribution in [0.15, 0.2) is 42.5 Å². The molecule has 1 saturated carbocycles. The van der Waals surface area contributed by atoms with E-state index in [9.17, 15) is 5.11 Å². The summed E-state index contributed by atoms with van der Waals surface area (Å²) in [6, 6.07) is 15.1. The molecule has 0 amide bonds. The molecule has 8 heteroatoms. The zero-order chi connectivity index (χ0) is 28.4. The van der Waals surface area contributed by atoms with Crippen LogP contribution in [0.25, 0.3) is 0 Å². The molecular weight excluding hydrogens is 520 g/mol. The van der Waals surface area contributed by atoms with Gasteiger partial charge in [-0.05, 0) is 60.4 Å². The lowest BCUT2D eigenvalue weighted by molar-refractivity contribution is -0.0777. The Morgan fingerprint density at radius 3 is 2.56 bits per heavy atom. The van der Waals surface area contributed by atoms with Crippen molar-refractivity contribution in [1.29, 1.82) is 0 Å². The maximum absolute atomic E-state index is 10.2. The first-order valence-corrected chi connectivity index (χ1v) is 15.4. The summed E-state index contributed by atoms with van der Waals surface area (Å²) in [6.45, 7) is 9.03. The van der Waals surface area contributed by atoms with Crippen LogP contribution in [0.5, 0.6) is 5.75 Å². The number of fused-ring (bicyclic) bond motifs is 1. The second kappa shape index (κ2) is 15.3. The van der Waals surface area contributed by atoms with Gasteiger partial charge in [0, 0.05) is 45.9 Å². The molecule has 0 radical (unpaired) electrons. The van der Waals surface area contributed by atoms with Crippen molar-refractivity contribution in [3.63, 3.8) is 0 Å². The number of rotatable bonds is 16. The fraction of sp³-hybridized carbons (Fsp3) is 0.636. The molecule has 5 rings (SSSR count). The number of nitrogens with zero attached hydrogens (tertiary/aromatic N) is 1. The van der Waals surface area contributed by atoms with Crippen LogP contribution in [0.4, 0.5) is 5.69 Å². The van der Waals surface area contributed by atoms with Crippen molar-refractivity contribution in [3.8, 4) is 5.75 Å². The Hall–Kier alpha value is -2.20. The summed E-state index contributed by atoms with van der Waals surface area (Å²) in [5.74, 6) is 1.74. The number of hydrogen-bond donors (Lipinski definition) is 2. The quantitative estimate of drug-likeness (QED) is 0.291. The Labute approximate surface area is 245 Å². The van der Waals surface area contributed by atoms with Crippen molar-refractivity contribution in [2.45, 2.75) is 70.1 Å². The molecule has 41 heavy (non-hydrogen) atoms. The highest BCUT2D eigenvalue weighted by molar-refractivity contribution is 5.61. The third kappa shape index (κ3) is 8.66. The van der Waals surface area contributed by atoms with Gasteiger partial charge in [0.2, 0.25) is 0 Å². The average Bonchev–Trinajstić information content (AvgIpc) is 3.84. The molecule has 2 heterocycles. The highest BCUT2D eigenvalue weighted by atomic mass is 16.5. The average molecular weight is 569 g/mol. The fourth-order valence-corrected chi connectivity index (χ4v) is 5.68. The molecule has 226 valence electrons. The maximum atomic E-state index is 10.2. The number of benzene rings is 2. The smallest absolute Gasteiger partial charge is 0.142 e. The van der Waals surface area contributed by atoms with Gasteiger partial charge in [-0.25, -0.2) is 0 Å². The molecule has 2 fully saturated rings. The van der Waals surface area contributed by atoms with Gasteiger partial charge in [0.05, 0.1) is 50.4 Å². The van der Waals surface area contributed by atoms with Gasteiger partial charge in [-0.2, -0.15) is 0 Å². The topological polar surface area (TPSA) is 81.7 Å². The number of piperidine rings is 1. The first kappa shape index (κ1) is 30.3. The number of aliphatic hydroxyl groups is 1. The third-order valence-electron chi connectivity index (χ3n) is 8.37. The van der Waals surface area contributed by atoms with E-state index in [0.29, 0.717) is 32.8 Å². The molecule has 2 N–H and O–H groups in total. The second-order valence-electron chi connectivity index (χ2n) is 11.7. The van der Waals surface area contributed by atoms with Crippen LogP contribution in [-0.2, 0) is 32.2 Å². The summed E-state index contributed by atoms with van der Waals surface area (Å²) in [5, 5.41) is 13.7. The normalized spacial score (nSPS) is 23.2. The molecular formula is C33H48N2O6. The molecule has 2 aromatic rings. The third-order valence-corrected chi connectivity index (χ3v) is 8.37. The fourth-order valence-electron chi connectivity index (χ4n) is 5.68. The lowest BCUT2D eigenvalue weighted by atomic mass is 9.85. The molecule has 0 unspecified atom stereocenters. The number of anilines is 1. The molecule has 4 atom stereocenters. The summed E-state index contributed by atoms with van der Waals surface area (Å²) in [7, 11) is 1.75. The number of ether oxygens (including phenoxy) is 5. The predicted octanol–water partition coefficient (Wildman–Crippen LogP) is 4.28. The van der Waals surface area contributed by atoms with Crippen LogP contribution >= 0.6 is 0 Å². The van der Waals surface area contributed by atoms with Crippen LogP contribution in [0.1, 0.15) is 55.2 Å². The number of methoxy groups -OCH3 is 1. The zero-order valence-electron chi connectivity index (χ0n) is 24.8. The van der Waals surface area contributed by atoms with Crippen molar-refractivity contribution in [2.75, 3.05) is 64.6 Å². The van der Waals surface area contributed by atoms with Gasteiger partial charge in [0.15, 0.2) is 0 Å². The van der Waals surface area contributed by atoms with Crippen molar-refractivity contribution in [2.24, 2.45) is 5.92 Å². The van der Waals surface area contributed by atoms with Crippen molar-refractivity contribution < 1.29 is 28.8 Å². The molecule has 1 aliphatic carbocycles. The minimum atomic E-state index is -0.465. The Balaban J connectivity index is 1.27. The SMILES string of the molecule is CC[C@H](O)CO[C@@H]1CNC[C@H](OCc2ccc3c(c2)N(CCCOC)CCO3)[C@H]1c1ccc(COCC2CC2)cc1. The number of nitrogens with one attached hydrogen (secondary N) is 1. The van der Waals surface area contributed by atoms with E-state index in [1.165, 1.54) is 24.0 Å². The molecule has 0 aromatic heterocycles. The van der Waals surface area contributed by atoms with Gasteiger partial charge in [-0.3, -0.25) is 0 Å². The van der Waals surface area contributed by atoms with Crippen LogP contribution in [0.2, 0.25) is 0 Å². The van der Waals surface area contributed by atoms with E-state index in [4.69, 9.17) is 23.7 Å². The van der Waals surface area contributed by atoms with E-state index in [2.05, 4.69) is 52.7 Å². The minimum absolute atomic E-state index is 0.0493. The second-order valence-corrected chi connectivity index (χ2v) is 11.7. The number of hydrogen-bond acceptors (Lipinski definition) is 8. The van der Waals surface area contributed by atoms with Crippen LogP contribution < -0.4 is 15.0 Å². The lowest BCUT2D eigenvalue weighted by Crippen LogP contribution is -2.51. The summed E-state index contributed by atoms with van der Waals surface area (Å²) in [4.78, 5) is 2.38. The van der Waals surface area contributed by atoms with Gasteiger partial charge < -0.3 is 39.0 Å². The summed E-state index contributed by atoms with van der Waals surface area (Å²) < 4.78 is 30.0. The van der Waals surface area contributed by atoms with E-state index in [1.807, 2.05) is 6.92 Å². The largest absolute Gasteiger partial charge is 0.490 e. The van der Waals surface area contributed by atoms with Crippen molar-refractivity contribution in [3.05, 3.63) is 59.2 Å². The molecule has 2 aliphatic heterocycles. The van der Waals surface area contributed by atoms with Crippen LogP contribution in [-0.4, -0.2) is 83.1 Å². The molecule has 0 spiro atoms. The van der Waals surface area contributed by atoms with Gasteiger partial charge in [0.25, 0.3) is 0 Å². The minimum Gasteiger partial charge on any atom is -0.490 e. The maximum Gasteiger partial charge on any atom is 0.142 e. The highest BCUT2D eigenvalue weighted by Crippen LogP contribution is 2.35. The molecule has 1 saturated heterocycles. The van der Waals surface area contributed by atoms with E-state index in [1.54, 1.807) is 7.11 Å². The molecule has 0 bridgehead atoms. The Morgan fingerprint density at radius 1 is 1.02 bits per heavy atom. The molecule has 8 nitrogen and oxygen atoms in total. The molecule has 3 aliphatic rings. The van der Waals surface area contributed by atoms with Crippen molar-refractivity contribution in [1.82, 2.24) is 5.32 Å². The van der Waals surface area contributed by atoms with Crippen molar-refractivity contribution >= 4 is 5.69 Å². The van der Waals surface area contributed by atoms with Gasteiger partial charge in [-0.15, -0.1) is 0 Å². The highest BCUT2D eigenvalue weighted by Gasteiger charge is 2.36. The number of aliphatic hydroxyl groups excluding tert-OH is 1. The summed E-state index contributed by atoms with van der Waals surface area (Å²) in [6.07, 6.45) is 3.62. The zero-order valence-corrected chi connectivity index (χ0v) is 24.8. The Morgan fingerprint density at radius 2 is 1.80 bits per heavy atom.